The Labute approximate surface area is 181 Å². The van der Waals surface area contributed by atoms with Crippen molar-refractivity contribution in [1.29, 1.82) is 0 Å². The third-order valence-electron chi connectivity index (χ3n) is 4.34. The number of carbonyl (C=O) groups excluding carboxylic acids is 3. The number of ether oxygens (including phenoxy) is 3. The number of carbonyl (C=O) groups is 3. The Morgan fingerprint density at radius 1 is 1.22 bits per heavy atom. The van der Waals surface area contributed by atoms with Crippen molar-refractivity contribution in [2.45, 2.75) is 19.4 Å². The van der Waals surface area contributed by atoms with Crippen LogP contribution in [0.15, 0.2) is 48.2 Å². The number of hydrogen-bond acceptors (Lipinski definition) is 9. The Morgan fingerprint density at radius 2 is 1.91 bits per heavy atom. The Hall–Kier alpha value is -4.25. The Balaban J connectivity index is 1.73. The second-order valence-corrected chi connectivity index (χ2v) is 6.63. The maximum Gasteiger partial charge on any atom is 0.419 e. The normalized spacial score (nSPS) is 15.1. The third kappa shape index (κ3) is 5.46. The SMILES string of the molecule is CCOC(=O)C(N)Cc1ccc(Oc2ccc(C=C3OC(=O)NC3=O)cc2)cc1[N+](=O)[O-]. The minimum absolute atomic E-state index is 0.0586. The molecular formula is C21H19N3O8. The first-order chi connectivity index (χ1) is 15.3. The van der Waals surface area contributed by atoms with Crippen LogP contribution in [0.2, 0.25) is 0 Å². The highest BCUT2D eigenvalue weighted by atomic mass is 16.6. The number of amides is 2. The number of hydrogen-bond donors (Lipinski definition) is 2. The van der Waals surface area contributed by atoms with Gasteiger partial charge >= 0.3 is 12.1 Å². The maximum atomic E-state index is 11.7. The molecule has 1 unspecified atom stereocenters. The van der Waals surface area contributed by atoms with Gasteiger partial charge in [0.25, 0.3) is 11.6 Å². The Bertz CT molecular complexity index is 1090. The summed E-state index contributed by atoms with van der Waals surface area (Å²) in [6, 6.07) is 9.60. The summed E-state index contributed by atoms with van der Waals surface area (Å²) in [5, 5.41) is 13.5. The van der Waals surface area contributed by atoms with Gasteiger partial charge in [-0.05, 0) is 42.8 Å². The molecule has 0 saturated carbocycles. The molecule has 166 valence electrons. The van der Waals surface area contributed by atoms with Gasteiger partial charge < -0.3 is 19.9 Å². The van der Waals surface area contributed by atoms with Crippen LogP contribution in [0, 0.1) is 10.1 Å². The van der Waals surface area contributed by atoms with E-state index in [1.165, 1.54) is 24.3 Å². The van der Waals surface area contributed by atoms with Crippen LogP contribution in [0.5, 0.6) is 11.5 Å². The van der Waals surface area contributed by atoms with Crippen molar-refractivity contribution in [2.75, 3.05) is 6.61 Å². The molecule has 1 aliphatic rings. The molecular weight excluding hydrogens is 422 g/mol. The van der Waals surface area contributed by atoms with Gasteiger partial charge in [0.2, 0.25) is 0 Å². The van der Waals surface area contributed by atoms with Crippen molar-refractivity contribution >= 4 is 29.7 Å². The second kappa shape index (κ2) is 9.71. The number of nitro benzene ring substituents is 1. The topological polar surface area (TPSA) is 160 Å². The summed E-state index contributed by atoms with van der Waals surface area (Å²) in [7, 11) is 0. The fourth-order valence-electron chi connectivity index (χ4n) is 2.86. The number of alkyl carbamates (subject to hydrolysis) is 1. The average Bonchev–Trinajstić information content (AvgIpc) is 3.07. The average molecular weight is 441 g/mol. The molecule has 0 bridgehead atoms. The van der Waals surface area contributed by atoms with Gasteiger partial charge in [-0.2, -0.15) is 0 Å². The second-order valence-electron chi connectivity index (χ2n) is 6.63. The zero-order chi connectivity index (χ0) is 23.3. The van der Waals surface area contributed by atoms with Gasteiger partial charge in [0.1, 0.15) is 17.5 Å². The van der Waals surface area contributed by atoms with Crippen molar-refractivity contribution < 1.29 is 33.5 Å². The Kier molecular flexibility index (Phi) is 6.80. The van der Waals surface area contributed by atoms with E-state index in [-0.39, 0.29) is 35.8 Å². The van der Waals surface area contributed by atoms with Gasteiger partial charge in [0, 0.05) is 12.0 Å². The summed E-state index contributed by atoms with van der Waals surface area (Å²) < 4.78 is 15.2. The van der Waals surface area contributed by atoms with E-state index in [0.717, 1.165) is 0 Å². The minimum Gasteiger partial charge on any atom is -0.465 e. The van der Waals surface area contributed by atoms with Crippen LogP contribution in [-0.4, -0.2) is 35.5 Å². The summed E-state index contributed by atoms with van der Waals surface area (Å²) in [6.07, 6.45) is 0.488. The van der Waals surface area contributed by atoms with Gasteiger partial charge in [0.05, 0.1) is 17.6 Å². The number of nitrogens with two attached hydrogens (primary N) is 1. The van der Waals surface area contributed by atoms with Crippen LogP contribution in [0.1, 0.15) is 18.1 Å². The third-order valence-corrected chi connectivity index (χ3v) is 4.34. The van der Waals surface area contributed by atoms with Crippen LogP contribution in [0.3, 0.4) is 0 Å². The van der Waals surface area contributed by atoms with Crippen LogP contribution in [0.4, 0.5) is 10.5 Å². The van der Waals surface area contributed by atoms with Gasteiger partial charge in [-0.3, -0.25) is 25.0 Å². The maximum absolute atomic E-state index is 11.7. The predicted octanol–water partition coefficient (Wildman–Crippen LogP) is 2.43. The molecule has 32 heavy (non-hydrogen) atoms. The molecule has 0 aromatic heterocycles. The lowest BCUT2D eigenvalue weighted by atomic mass is 10.0. The fraction of sp³-hybridized carbons (Fsp3) is 0.190. The number of benzene rings is 2. The van der Waals surface area contributed by atoms with Crippen molar-refractivity contribution in [3.8, 4) is 11.5 Å². The van der Waals surface area contributed by atoms with E-state index < -0.39 is 28.9 Å². The molecule has 3 rings (SSSR count). The highest BCUT2D eigenvalue weighted by Gasteiger charge is 2.26. The van der Waals surface area contributed by atoms with Crippen molar-refractivity contribution in [2.24, 2.45) is 5.73 Å². The highest BCUT2D eigenvalue weighted by Crippen LogP contribution is 2.29. The lowest BCUT2D eigenvalue weighted by molar-refractivity contribution is -0.385. The van der Waals surface area contributed by atoms with E-state index in [4.69, 9.17) is 19.9 Å². The van der Waals surface area contributed by atoms with Crippen LogP contribution in [0.25, 0.3) is 6.08 Å². The molecule has 1 saturated heterocycles. The number of esters is 1. The zero-order valence-electron chi connectivity index (χ0n) is 16.9. The zero-order valence-corrected chi connectivity index (χ0v) is 16.9. The summed E-state index contributed by atoms with van der Waals surface area (Å²) in [5.41, 5.74) is 6.38. The number of imide groups is 1. The Morgan fingerprint density at radius 3 is 2.50 bits per heavy atom. The van der Waals surface area contributed by atoms with E-state index in [2.05, 4.69) is 0 Å². The standard InChI is InChI=1S/C21H19N3O8/c1-2-30-20(26)16(22)10-13-5-8-15(11-17(13)24(28)29)31-14-6-3-12(4-7-14)9-18-19(25)23-21(27)32-18/h3-9,11,16H,2,10,22H2,1H3,(H,23,25,27). The molecule has 3 N–H and O–H groups in total. The summed E-state index contributed by atoms with van der Waals surface area (Å²) in [4.78, 5) is 45.2. The lowest BCUT2D eigenvalue weighted by Crippen LogP contribution is -2.34. The summed E-state index contributed by atoms with van der Waals surface area (Å²) in [5.74, 6) is -0.811. The smallest absolute Gasteiger partial charge is 0.419 e. The van der Waals surface area contributed by atoms with Crippen molar-refractivity contribution in [1.82, 2.24) is 5.32 Å². The lowest BCUT2D eigenvalue weighted by Gasteiger charge is -2.12. The quantitative estimate of drug-likeness (QED) is 0.271. The van der Waals surface area contributed by atoms with E-state index >= 15 is 0 Å². The first kappa shape index (κ1) is 22.4. The van der Waals surface area contributed by atoms with E-state index in [9.17, 15) is 24.5 Å². The molecule has 2 amide bonds. The largest absolute Gasteiger partial charge is 0.465 e. The number of nitro groups is 1. The molecule has 0 spiro atoms. The molecule has 1 atom stereocenters. The van der Waals surface area contributed by atoms with Crippen LogP contribution >= 0.6 is 0 Å². The number of nitrogens with zero attached hydrogens (tertiary/aromatic N) is 1. The molecule has 1 fully saturated rings. The number of rotatable bonds is 8. The number of nitrogens with one attached hydrogen (secondary N) is 1. The first-order valence-electron chi connectivity index (χ1n) is 9.49. The van der Waals surface area contributed by atoms with Gasteiger partial charge in [-0.25, -0.2) is 4.79 Å². The monoisotopic (exact) mass is 441 g/mol. The van der Waals surface area contributed by atoms with Crippen LogP contribution in [-0.2, 0) is 25.5 Å². The molecule has 11 nitrogen and oxygen atoms in total. The molecule has 2 aromatic rings. The molecule has 11 heteroatoms. The predicted molar refractivity (Wildman–Crippen MR) is 111 cm³/mol. The van der Waals surface area contributed by atoms with Crippen LogP contribution < -0.4 is 15.8 Å². The minimum atomic E-state index is -1.02. The van der Waals surface area contributed by atoms with Crippen molar-refractivity contribution in [3.05, 3.63) is 69.5 Å². The highest BCUT2D eigenvalue weighted by molar-refractivity contribution is 6.09. The van der Waals surface area contributed by atoms with Gasteiger partial charge in [-0.15, -0.1) is 0 Å². The molecule has 2 aromatic carbocycles. The van der Waals surface area contributed by atoms with Gasteiger partial charge in [-0.1, -0.05) is 12.1 Å². The molecule has 1 heterocycles. The number of cyclic esters (lactones) is 1. The van der Waals surface area contributed by atoms with E-state index in [0.29, 0.717) is 11.3 Å². The summed E-state index contributed by atoms with van der Waals surface area (Å²) in [6.45, 7) is 1.80. The van der Waals surface area contributed by atoms with E-state index in [1.54, 1.807) is 31.2 Å². The molecule has 1 aliphatic heterocycles. The fourth-order valence-corrected chi connectivity index (χ4v) is 2.86. The first-order valence-corrected chi connectivity index (χ1v) is 9.49. The van der Waals surface area contributed by atoms with E-state index in [1.807, 2.05) is 5.32 Å². The van der Waals surface area contributed by atoms with Gasteiger partial charge in [0.15, 0.2) is 5.76 Å². The molecule has 0 aliphatic carbocycles. The van der Waals surface area contributed by atoms with Crippen molar-refractivity contribution in [3.63, 3.8) is 0 Å². The molecule has 0 radical (unpaired) electrons. The summed E-state index contributed by atoms with van der Waals surface area (Å²) >= 11 is 0.